The summed E-state index contributed by atoms with van der Waals surface area (Å²) in [5.41, 5.74) is -1.26. The zero-order valence-electron chi connectivity index (χ0n) is 14.7. The van der Waals surface area contributed by atoms with Gasteiger partial charge in [0.25, 0.3) is 0 Å². The Hall–Kier alpha value is -2.03. The van der Waals surface area contributed by atoms with Gasteiger partial charge in [0.05, 0.1) is 6.26 Å². The van der Waals surface area contributed by atoms with Gasteiger partial charge in [-0.15, -0.1) is 0 Å². The molecule has 1 amide bonds. The molecule has 142 valence electrons. The first-order valence-electron chi connectivity index (χ1n) is 7.98. The molecule has 0 bridgehead atoms. The maximum Gasteiger partial charge on any atom is 0.433 e. The van der Waals surface area contributed by atoms with Crippen molar-refractivity contribution in [2.75, 3.05) is 5.75 Å². The highest BCUT2D eigenvalue weighted by molar-refractivity contribution is 7.99. The summed E-state index contributed by atoms with van der Waals surface area (Å²) in [7, 11) is 0. The van der Waals surface area contributed by atoms with Crippen LogP contribution in [0, 0.1) is 0 Å². The van der Waals surface area contributed by atoms with Crippen molar-refractivity contribution in [3.63, 3.8) is 0 Å². The van der Waals surface area contributed by atoms with Crippen LogP contribution in [0.1, 0.15) is 39.3 Å². The van der Waals surface area contributed by atoms with Gasteiger partial charge in [-0.1, -0.05) is 11.8 Å². The predicted octanol–water partition coefficient (Wildman–Crippen LogP) is 4.54. The number of thioether (sulfide) groups is 1. The van der Waals surface area contributed by atoms with Crippen molar-refractivity contribution in [3.8, 4) is 11.5 Å². The topological polar surface area (TPSA) is 68.0 Å². The lowest BCUT2D eigenvalue weighted by molar-refractivity contribution is -0.141. The summed E-state index contributed by atoms with van der Waals surface area (Å²) in [6.07, 6.45) is -2.42. The van der Waals surface area contributed by atoms with E-state index >= 15 is 0 Å². The number of halogens is 3. The summed E-state index contributed by atoms with van der Waals surface area (Å²) in [5, 5.41) is 2.84. The highest BCUT2D eigenvalue weighted by Gasteiger charge is 2.34. The molecule has 0 aliphatic rings. The highest BCUT2D eigenvalue weighted by Crippen LogP contribution is 2.32. The van der Waals surface area contributed by atoms with Crippen LogP contribution in [-0.2, 0) is 11.0 Å². The monoisotopic (exact) mass is 387 g/mol. The number of carbonyl (C=O) groups excluding carboxylic acids is 1. The molecule has 26 heavy (non-hydrogen) atoms. The van der Waals surface area contributed by atoms with Crippen molar-refractivity contribution in [1.29, 1.82) is 0 Å². The standard InChI is InChI=1S/C17H20F3N3O2S/c1-16(2,3)23-14(24)7-5-9-26-15-21-11(12-6-4-8-25-12)10-13(22-15)17(18,19)20/h4,6,8,10H,5,7,9H2,1-3H3,(H,23,24). The van der Waals surface area contributed by atoms with E-state index in [1.54, 1.807) is 6.07 Å². The molecule has 0 aliphatic heterocycles. The fourth-order valence-electron chi connectivity index (χ4n) is 2.06. The zero-order valence-corrected chi connectivity index (χ0v) is 15.5. The second-order valence-corrected chi connectivity index (χ2v) is 7.71. The molecule has 0 atom stereocenters. The lowest BCUT2D eigenvalue weighted by Gasteiger charge is -2.20. The quantitative estimate of drug-likeness (QED) is 0.448. The molecule has 0 saturated carbocycles. The van der Waals surface area contributed by atoms with Gasteiger partial charge in [0, 0.05) is 17.7 Å². The van der Waals surface area contributed by atoms with Gasteiger partial charge in [0.2, 0.25) is 5.91 Å². The number of furan rings is 1. The molecule has 5 nitrogen and oxygen atoms in total. The van der Waals surface area contributed by atoms with E-state index in [2.05, 4.69) is 15.3 Å². The lowest BCUT2D eigenvalue weighted by Crippen LogP contribution is -2.40. The maximum absolute atomic E-state index is 13.1. The summed E-state index contributed by atoms with van der Waals surface area (Å²) in [4.78, 5) is 19.5. The molecule has 0 unspecified atom stereocenters. The molecule has 0 radical (unpaired) electrons. The zero-order chi connectivity index (χ0) is 19.4. The normalized spacial score (nSPS) is 12.2. The third-order valence-electron chi connectivity index (χ3n) is 3.06. The van der Waals surface area contributed by atoms with Gasteiger partial charge >= 0.3 is 6.18 Å². The van der Waals surface area contributed by atoms with E-state index in [1.165, 1.54) is 12.3 Å². The van der Waals surface area contributed by atoms with E-state index in [1.807, 2.05) is 20.8 Å². The summed E-state index contributed by atoms with van der Waals surface area (Å²) >= 11 is 1.08. The Morgan fingerprint density at radius 1 is 1.27 bits per heavy atom. The van der Waals surface area contributed by atoms with Crippen molar-refractivity contribution in [2.45, 2.75) is 50.5 Å². The molecule has 1 N–H and O–H groups in total. The van der Waals surface area contributed by atoms with Crippen molar-refractivity contribution in [1.82, 2.24) is 15.3 Å². The third-order valence-corrected chi connectivity index (χ3v) is 4.00. The average Bonchev–Trinajstić information content (AvgIpc) is 3.03. The average molecular weight is 387 g/mol. The number of hydrogen-bond acceptors (Lipinski definition) is 5. The Labute approximate surface area is 153 Å². The van der Waals surface area contributed by atoms with Gasteiger partial charge in [-0.3, -0.25) is 4.79 Å². The second-order valence-electron chi connectivity index (χ2n) is 6.65. The third kappa shape index (κ3) is 6.36. The van der Waals surface area contributed by atoms with Crippen LogP contribution in [0.2, 0.25) is 0 Å². The molecule has 0 spiro atoms. The Kier molecular flexibility index (Phi) is 6.33. The summed E-state index contributed by atoms with van der Waals surface area (Å²) in [5.74, 6) is 0.569. The minimum absolute atomic E-state index is 0.00227. The van der Waals surface area contributed by atoms with E-state index < -0.39 is 11.9 Å². The SMILES string of the molecule is CC(C)(C)NC(=O)CCCSc1nc(-c2ccco2)cc(C(F)(F)F)n1. The second kappa shape index (κ2) is 8.11. The van der Waals surface area contributed by atoms with Crippen LogP contribution in [0.3, 0.4) is 0 Å². The van der Waals surface area contributed by atoms with Gasteiger partial charge in [-0.05, 0) is 45.4 Å². The first-order valence-corrected chi connectivity index (χ1v) is 8.97. The van der Waals surface area contributed by atoms with Crippen LogP contribution in [0.25, 0.3) is 11.5 Å². The summed E-state index contributed by atoms with van der Waals surface area (Å²) in [6.45, 7) is 5.64. The number of amides is 1. The Balaban J connectivity index is 2.02. The molecule has 9 heteroatoms. The van der Waals surface area contributed by atoms with E-state index in [4.69, 9.17) is 4.42 Å². The maximum atomic E-state index is 13.1. The summed E-state index contributed by atoms with van der Waals surface area (Å²) in [6, 6.07) is 3.97. The highest BCUT2D eigenvalue weighted by atomic mass is 32.2. The van der Waals surface area contributed by atoms with Crippen molar-refractivity contribution in [2.24, 2.45) is 0 Å². The number of nitrogens with one attached hydrogen (secondary N) is 1. The van der Waals surface area contributed by atoms with Crippen LogP contribution >= 0.6 is 11.8 Å². The minimum atomic E-state index is -4.58. The first kappa shape index (κ1) is 20.3. The van der Waals surface area contributed by atoms with Crippen molar-refractivity contribution >= 4 is 17.7 Å². The Bertz CT molecular complexity index is 741. The first-order chi connectivity index (χ1) is 12.0. The van der Waals surface area contributed by atoms with Gasteiger partial charge in [-0.25, -0.2) is 9.97 Å². The number of aromatic nitrogens is 2. The molecular formula is C17H20F3N3O2S. The van der Waals surface area contributed by atoms with Crippen molar-refractivity contribution in [3.05, 3.63) is 30.2 Å². The fraction of sp³-hybridized carbons (Fsp3) is 0.471. The molecule has 2 rings (SSSR count). The Morgan fingerprint density at radius 3 is 2.58 bits per heavy atom. The minimum Gasteiger partial charge on any atom is -0.463 e. The summed E-state index contributed by atoms with van der Waals surface area (Å²) < 4.78 is 44.3. The van der Waals surface area contributed by atoms with Gasteiger partial charge in [0.15, 0.2) is 10.9 Å². The van der Waals surface area contributed by atoms with E-state index in [-0.39, 0.29) is 34.5 Å². The number of nitrogens with zero attached hydrogens (tertiary/aromatic N) is 2. The van der Waals surface area contributed by atoms with Crippen molar-refractivity contribution < 1.29 is 22.4 Å². The molecular weight excluding hydrogens is 367 g/mol. The Morgan fingerprint density at radius 2 is 2.00 bits per heavy atom. The number of rotatable bonds is 6. The van der Waals surface area contributed by atoms with Crippen LogP contribution < -0.4 is 5.32 Å². The molecule has 0 saturated heterocycles. The molecule has 0 aromatic carbocycles. The fourth-order valence-corrected chi connectivity index (χ4v) is 2.86. The van der Waals surface area contributed by atoms with E-state index in [0.717, 1.165) is 17.8 Å². The molecule has 2 aromatic rings. The van der Waals surface area contributed by atoms with Crippen LogP contribution in [0.5, 0.6) is 0 Å². The van der Waals surface area contributed by atoms with Crippen LogP contribution in [-0.4, -0.2) is 27.2 Å². The van der Waals surface area contributed by atoms with Crippen LogP contribution in [0.4, 0.5) is 13.2 Å². The largest absolute Gasteiger partial charge is 0.463 e. The lowest BCUT2D eigenvalue weighted by atomic mass is 10.1. The smallest absolute Gasteiger partial charge is 0.433 e. The molecule has 0 aliphatic carbocycles. The van der Waals surface area contributed by atoms with E-state index in [9.17, 15) is 18.0 Å². The molecule has 2 aromatic heterocycles. The van der Waals surface area contributed by atoms with Crippen LogP contribution in [0.15, 0.2) is 34.0 Å². The molecule has 2 heterocycles. The van der Waals surface area contributed by atoms with Gasteiger partial charge < -0.3 is 9.73 Å². The van der Waals surface area contributed by atoms with E-state index in [0.29, 0.717) is 12.2 Å². The van der Waals surface area contributed by atoms with Gasteiger partial charge in [0.1, 0.15) is 11.4 Å². The number of carbonyl (C=O) groups is 1. The number of hydrogen-bond donors (Lipinski definition) is 1. The van der Waals surface area contributed by atoms with Gasteiger partial charge in [-0.2, -0.15) is 13.2 Å². The number of alkyl halides is 3. The predicted molar refractivity (Wildman–Crippen MR) is 92.6 cm³/mol. The molecule has 0 fully saturated rings.